The highest BCUT2D eigenvalue weighted by Gasteiger charge is 2.86. The lowest BCUT2D eigenvalue weighted by molar-refractivity contribution is -0.181. The summed E-state index contributed by atoms with van der Waals surface area (Å²) in [5.74, 6) is 5.64. The van der Waals surface area contributed by atoms with E-state index in [-0.39, 0.29) is 29.5 Å². The maximum absolute atomic E-state index is 13.9. The van der Waals surface area contributed by atoms with E-state index in [0.717, 1.165) is 31.1 Å². The van der Waals surface area contributed by atoms with Gasteiger partial charge in [0.25, 0.3) is 0 Å². The first kappa shape index (κ1) is 22.3. The standard InChI is InChI=1S/C27H36O4/c1-16(2)8-6-7-9-23(29)26-14-20-18(5)10-11-21(20)25(15-28)13-19(26)12-22(17(3)4)27(25,26)24(30)31/h12,15-21H,6,8,10-11,13-14H2,1-5H3,(H,30,31)/t18-,19?,20-,21-,25?,26?,27+/m1/s1. The molecule has 3 unspecified atom stereocenters. The summed E-state index contributed by atoms with van der Waals surface area (Å²) < 4.78 is 0. The van der Waals surface area contributed by atoms with E-state index in [0.29, 0.717) is 31.1 Å². The number of hydrogen-bond donors (Lipinski definition) is 1. The fourth-order valence-electron chi connectivity index (χ4n) is 8.22. The van der Waals surface area contributed by atoms with Crippen LogP contribution in [0, 0.1) is 63.6 Å². The van der Waals surface area contributed by atoms with Crippen LogP contribution in [0.4, 0.5) is 0 Å². The van der Waals surface area contributed by atoms with Crippen LogP contribution in [-0.4, -0.2) is 23.1 Å². The molecule has 0 saturated heterocycles. The van der Waals surface area contributed by atoms with Gasteiger partial charge in [0.05, 0.1) is 10.8 Å². The van der Waals surface area contributed by atoms with Gasteiger partial charge in [0.1, 0.15) is 11.7 Å². The molecule has 4 aliphatic carbocycles. The summed E-state index contributed by atoms with van der Waals surface area (Å²) in [5.41, 5.74) is -2.76. The number of carbonyl (C=O) groups excluding carboxylic acids is 2. The maximum Gasteiger partial charge on any atom is 0.315 e. The quantitative estimate of drug-likeness (QED) is 0.284. The van der Waals surface area contributed by atoms with Gasteiger partial charge >= 0.3 is 5.97 Å². The normalized spacial score (nSPS) is 42.2. The number of allylic oxidation sites excluding steroid dienone is 1. The van der Waals surface area contributed by atoms with Crippen molar-refractivity contribution in [3.63, 3.8) is 0 Å². The third-order valence-electron chi connectivity index (χ3n) is 9.38. The lowest BCUT2D eigenvalue weighted by Gasteiger charge is -2.57. The number of aldehydes is 1. The highest BCUT2D eigenvalue weighted by molar-refractivity contribution is 6.08. The molecule has 0 heterocycles. The Labute approximate surface area is 186 Å². The molecule has 4 heteroatoms. The fourth-order valence-corrected chi connectivity index (χ4v) is 8.22. The summed E-state index contributed by atoms with van der Waals surface area (Å²) in [6.07, 6.45) is 7.46. The number of rotatable bonds is 6. The van der Waals surface area contributed by atoms with Crippen LogP contribution in [0.25, 0.3) is 0 Å². The summed E-state index contributed by atoms with van der Waals surface area (Å²) in [5, 5.41) is 10.9. The van der Waals surface area contributed by atoms with Crippen molar-refractivity contribution in [2.24, 2.45) is 51.8 Å². The summed E-state index contributed by atoms with van der Waals surface area (Å²) in [6.45, 7) is 10.4. The van der Waals surface area contributed by atoms with Gasteiger partial charge in [0.15, 0.2) is 0 Å². The van der Waals surface area contributed by atoms with Crippen molar-refractivity contribution in [3.8, 4) is 11.8 Å². The number of carboxylic acids is 1. The molecule has 168 valence electrons. The topological polar surface area (TPSA) is 71.4 Å². The highest BCUT2D eigenvalue weighted by Crippen LogP contribution is 2.82. The number of fused-ring (bicyclic) bond motifs is 2. The summed E-state index contributed by atoms with van der Waals surface area (Å²) >= 11 is 0. The van der Waals surface area contributed by atoms with Gasteiger partial charge in [0.2, 0.25) is 5.78 Å². The van der Waals surface area contributed by atoms with Gasteiger partial charge in [0, 0.05) is 6.42 Å². The zero-order valence-corrected chi connectivity index (χ0v) is 19.5. The second-order valence-electron chi connectivity index (χ2n) is 11.4. The van der Waals surface area contributed by atoms with Gasteiger partial charge in [-0.25, -0.2) is 0 Å². The summed E-state index contributed by atoms with van der Waals surface area (Å²) in [6, 6.07) is 0. The molecule has 7 atom stereocenters. The number of Topliss-reactive ketones (excluding diaryl/α,β-unsaturated/α-hetero) is 1. The molecule has 31 heavy (non-hydrogen) atoms. The van der Waals surface area contributed by atoms with Gasteiger partial charge in [-0.15, -0.1) is 0 Å². The third-order valence-corrected chi connectivity index (χ3v) is 9.38. The first-order valence-corrected chi connectivity index (χ1v) is 12.0. The lowest BCUT2D eigenvalue weighted by atomic mass is 9.42. The molecule has 3 fully saturated rings. The van der Waals surface area contributed by atoms with Gasteiger partial charge in [-0.05, 0) is 67.1 Å². The number of aliphatic carboxylic acids is 1. The fraction of sp³-hybridized carbons (Fsp3) is 0.741. The molecule has 4 nitrogen and oxygen atoms in total. The number of carbonyl (C=O) groups is 3. The van der Waals surface area contributed by atoms with E-state index < -0.39 is 22.2 Å². The molecule has 4 bridgehead atoms. The first-order chi connectivity index (χ1) is 14.6. The Morgan fingerprint density at radius 2 is 1.94 bits per heavy atom. The molecule has 0 aromatic carbocycles. The van der Waals surface area contributed by atoms with E-state index in [1.807, 2.05) is 13.8 Å². The van der Waals surface area contributed by atoms with Crippen LogP contribution in [0.2, 0.25) is 0 Å². The van der Waals surface area contributed by atoms with Crippen molar-refractivity contribution in [1.29, 1.82) is 0 Å². The van der Waals surface area contributed by atoms with Crippen LogP contribution in [-0.2, 0) is 14.4 Å². The smallest absolute Gasteiger partial charge is 0.315 e. The van der Waals surface area contributed by atoms with Crippen molar-refractivity contribution < 1.29 is 19.5 Å². The van der Waals surface area contributed by atoms with Crippen molar-refractivity contribution in [1.82, 2.24) is 0 Å². The van der Waals surface area contributed by atoms with E-state index >= 15 is 0 Å². The summed E-state index contributed by atoms with van der Waals surface area (Å²) in [7, 11) is 0. The Bertz CT molecular complexity index is 902. The Kier molecular flexibility index (Phi) is 5.27. The van der Waals surface area contributed by atoms with Crippen molar-refractivity contribution in [2.45, 2.75) is 73.1 Å². The zero-order chi connectivity index (χ0) is 22.8. The molecule has 0 aromatic rings. The Morgan fingerprint density at radius 3 is 2.52 bits per heavy atom. The number of carboxylic acid groups (broad SMARTS) is 1. The van der Waals surface area contributed by atoms with E-state index in [2.05, 4.69) is 38.7 Å². The minimum Gasteiger partial charge on any atom is -0.481 e. The maximum atomic E-state index is 13.9. The van der Waals surface area contributed by atoms with Crippen LogP contribution in [0.3, 0.4) is 0 Å². The second-order valence-corrected chi connectivity index (χ2v) is 11.4. The van der Waals surface area contributed by atoms with E-state index in [1.54, 1.807) is 0 Å². The first-order valence-electron chi connectivity index (χ1n) is 12.0. The monoisotopic (exact) mass is 424 g/mol. The Hall–Kier alpha value is -1.89. The van der Waals surface area contributed by atoms with Gasteiger partial charge in [-0.2, -0.15) is 0 Å². The van der Waals surface area contributed by atoms with Crippen molar-refractivity contribution >= 4 is 18.0 Å². The van der Waals surface area contributed by atoms with Crippen molar-refractivity contribution in [2.75, 3.05) is 0 Å². The average molecular weight is 425 g/mol. The average Bonchev–Trinajstić information content (AvgIpc) is 3.28. The molecule has 0 spiro atoms. The van der Waals surface area contributed by atoms with E-state index in [1.165, 1.54) is 0 Å². The molecule has 0 amide bonds. The second kappa shape index (κ2) is 7.32. The largest absolute Gasteiger partial charge is 0.481 e. The Morgan fingerprint density at radius 1 is 1.23 bits per heavy atom. The molecule has 0 aromatic heterocycles. The van der Waals surface area contributed by atoms with Gasteiger partial charge < -0.3 is 9.90 Å². The van der Waals surface area contributed by atoms with Crippen LogP contribution in [0.15, 0.2) is 11.6 Å². The van der Waals surface area contributed by atoms with E-state index in [9.17, 15) is 19.5 Å². The molecule has 4 rings (SSSR count). The summed E-state index contributed by atoms with van der Waals surface area (Å²) in [4.78, 5) is 40.1. The van der Waals surface area contributed by atoms with Crippen LogP contribution >= 0.6 is 0 Å². The SMILES string of the molecule is CC(C)CCC#CC(=O)C12C[C@@H]3[C@H](C)CC[C@H]3C3(C=O)CC1C=C(C(C)C)[C@@]23C(=O)O. The van der Waals surface area contributed by atoms with Gasteiger partial charge in [-0.3, -0.25) is 9.59 Å². The molecule has 0 radical (unpaired) electrons. The minimum atomic E-state index is -1.45. The number of hydrogen-bond acceptors (Lipinski definition) is 3. The van der Waals surface area contributed by atoms with Crippen molar-refractivity contribution in [3.05, 3.63) is 11.6 Å². The predicted octanol–water partition coefficient (Wildman–Crippen LogP) is 4.92. The number of ketones is 1. The van der Waals surface area contributed by atoms with Crippen LogP contribution in [0.5, 0.6) is 0 Å². The Balaban J connectivity index is 1.92. The highest BCUT2D eigenvalue weighted by atomic mass is 16.4. The van der Waals surface area contributed by atoms with Crippen LogP contribution < -0.4 is 0 Å². The molecule has 0 aliphatic heterocycles. The molecular formula is C27H36O4. The molecule has 4 aliphatic rings. The predicted molar refractivity (Wildman–Crippen MR) is 119 cm³/mol. The van der Waals surface area contributed by atoms with E-state index in [4.69, 9.17) is 0 Å². The minimum absolute atomic E-state index is 0.0304. The molecule has 3 saturated carbocycles. The lowest BCUT2D eigenvalue weighted by Crippen LogP contribution is -2.64. The van der Waals surface area contributed by atoms with Gasteiger partial charge in [-0.1, -0.05) is 58.6 Å². The molecule has 1 N–H and O–H groups in total. The molecular weight excluding hydrogens is 388 g/mol. The third kappa shape index (κ3) is 2.53. The zero-order valence-electron chi connectivity index (χ0n) is 19.5. The van der Waals surface area contributed by atoms with Crippen LogP contribution in [0.1, 0.15) is 73.1 Å².